The zero-order valence-corrected chi connectivity index (χ0v) is 28.2. The number of hydrogen-bond donors (Lipinski definition) is 1. The van der Waals surface area contributed by atoms with Crippen molar-refractivity contribution in [2.24, 2.45) is 0 Å². The zero-order valence-electron chi connectivity index (χ0n) is 28.2. The SMILES string of the molecule is C1=CC(Nc2ccc(C3C=C(c4ccccc4)N3c3cccc4ccccc34)cc2)C(c2cc3ccccc3c3ccc4ccccc4c23)C=C1. The lowest BCUT2D eigenvalue weighted by Gasteiger charge is -2.43. The summed E-state index contributed by atoms with van der Waals surface area (Å²) in [4.78, 5) is 2.50. The Hall–Kier alpha value is -6.38. The highest BCUT2D eigenvalue weighted by atomic mass is 15.2. The number of allylic oxidation sites excluding steroid dienone is 2. The number of benzene rings is 8. The standard InChI is InChI=1S/C49H36N2/c1-2-15-35(16-3-1)47-32-48(51(47)46-24-12-18-33-13-4-8-20-40(33)46)36-25-28-38(29-26-36)50-45-23-11-10-22-42(45)44-31-37-17-6-7-19-39(37)43-30-27-34-14-5-9-21-41(34)49(43)44/h1-32,42,45,48,50H. The summed E-state index contributed by atoms with van der Waals surface area (Å²) in [6, 6.07) is 60.0. The van der Waals surface area contributed by atoms with Gasteiger partial charge in [-0.25, -0.2) is 0 Å². The van der Waals surface area contributed by atoms with Gasteiger partial charge in [0.25, 0.3) is 0 Å². The summed E-state index contributed by atoms with van der Waals surface area (Å²) in [6.07, 6.45) is 11.5. The molecular formula is C49H36N2. The Morgan fingerprint density at radius 1 is 0.490 bits per heavy atom. The highest BCUT2D eigenvalue weighted by Gasteiger charge is 2.33. The predicted molar refractivity (Wildman–Crippen MR) is 217 cm³/mol. The first-order valence-electron chi connectivity index (χ1n) is 17.9. The summed E-state index contributed by atoms with van der Waals surface area (Å²) in [5, 5.41) is 14.3. The Balaban J connectivity index is 1.00. The molecule has 0 saturated carbocycles. The van der Waals surface area contributed by atoms with Gasteiger partial charge < -0.3 is 10.2 Å². The Morgan fingerprint density at radius 2 is 1.16 bits per heavy atom. The van der Waals surface area contributed by atoms with Crippen molar-refractivity contribution in [2.45, 2.75) is 18.0 Å². The molecule has 0 amide bonds. The van der Waals surface area contributed by atoms with Crippen LogP contribution in [0.2, 0.25) is 0 Å². The number of nitrogens with one attached hydrogen (secondary N) is 1. The molecule has 3 unspecified atom stereocenters. The van der Waals surface area contributed by atoms with Crippen LogP contribution in [0.25, 0.3) is 48.8 Å². The van der Waals surface area contributed by atoms with Crippen molar-refractivity contribution >= 4 is 60.2 Å². The molecule has 242 valence electrons. The maximum atomic E-state index is 3.93. The lowest BCUT2D eigenvalue weighted by Crippen LogP contribution is -2.34. The smallest absolute Gasteiger partial charge is 0.0799 e. The van der Waals surface area contributed by atoms with E-state index in [2.05, 4.69) is 204 Å². The third-order valence-electron chi connectivity index (χ3n) is 10.8. The van der Waals surface area contributed by atoms with Crippen LogP contribution in [-0.4, -0.2) is 6.04 Å². The average molecular weight is 653 g/mol. The molecule has 1 heterocycles. The third kappa shape index (κ3) is 5.03. The van der Waals surface area contributed by atoms with E-state index in [0.717, 1.165) is 5.69 Å². The number of hydrogen-bond acceptors (Lipinski definition) is 2. The summed E-state index contributed by atoms with van der Waals surface area (Å²) < 4.78 is 0. The zero-order chi connectivity index (χ0) is 33.7. The van der Waals surface area contributed by atoms with Crippen molar-refractivity contribution in [3.8, 4) is 0 Å². The second kappa shape index (κ2) is 12.2. The average Bonchev–Trinajstić information content (AvgIpc) is 3.18. The number of fused-ring (bicyclic) bond motifs is 6. The largest absolute Gasteiger partial charge is 0.378 e. The number of rotatable bonds is 6. The Kier molecular flexibility index (Phi) is 7.06. The molecule has 2 nitrogen and oxygen atoms in total. The van der Waals surface area contributed by atoms with Crippen LogP contribution < -0.4 is 10.2 Å². The quantitative estimate of drug-likeness (QED) is 0.180. The van der Waals surface area contributed by atoms with Crippen LogP contribution in [0.3, 0.4) is 0 Å². The van der Waals surface area contributed by atoms with Crippen molar-refractivity contribution in [2.75, 3.05) is 10.2 Å². The van der Waals surface area contributed by atoms with Gasteiger partial charge in [-0.15, -0.1) is 0 Å². The van der Waals surface area contributed by atoms with Gasteiger partial charge in [0.1, 0.15) is 0 Å². The van der Waals surface area contributed by atoms with Gasteiger partial charge in [-0.3, -0.25) is 0 Å². The highest BCUT2D eigenvalue weighted by Crippen LogP contribution is 2.47. The topological polar surface area (TPSA) is 15.3 Å². The summed E-state index contributed by atoms with van der Waals surface area (Å²) >= 11 is 0. The molecule has 1 aliphatic carbocycles. The molecule has 2 heteroatoms. The van der Waals surface area contributed by atoms with Crippen LogP contribution in [-0.2, 0) is 0 Å². The molecule has 8 aromatic rings. The van der Waals surface area contributed by atoms with E-state index in [-0.39, 0.29) is 18.0 Å². The fourth-order valence-electron chi connectivity index (χ4n) is 8.35. The minimum Gasteiger partial charge on any atom is -0.378 e. The molecule has 51 heavy (non-hydrogen) atoms. The molecule has 0 aromatic heterocycles. The summed E-state index contributed by atoms with van der Waals surface area (Å²) in [6.45, 7) is 0. The van der Waals surface area contributed by atoms with Crippen LogP contribution in [0.1, 0.15) is 28.7 Å². The first-order valence-corrected chi connectivity index (χ1v) is 17.9. The van der Waals surface area contributed by atoms with E-state index in [4.69, 9.17) is 0 Å². The molecule has 1 aliphatic heterocycles. The van der Waals surface area contributed by atoms with E-state index in [1.165, 1.54) is 71.2 Å². The van der Waals surface area contributed by atoms with Crippen molar-refractivity contribution < 1.29 is 0 Å². The summed E-state index contributed by atoms with van der Waals surface area (Å²) in [5.41, 5.74) is 7.46. The van der Waals surface area contributed by atoms with E-state index in [0.29, 0.717) is 0 Å². The molecule has 3 atom stereocenters. The van der Waals surface area contributed by atoms with Crippen molar-refractivity contribution in [3.05, 3.63) is 211 Å². The van der Waals surface area contributed by atoms with Crippen LogP contribution in [0.4, 0.5) is 11.4 Å². The normalized spacial score (nSPS) is 18.3. The van der Waals surface area contributed by atoms with E-state index in [1.807, 2.05) is 0 Å². The summed E-state index contributed by atoms with van der Waals surface area (Å²) in [7, 11) is 0. The van der Waals surface area contributed by atoms with Gasteiger partial charge in [0.2, 0.25) is 0 Å². The highest BCUT2D eigenvalue weighted by molar-refractivity contribution is 6.19. The van der Waals surface area contributed by atoms with Gasteiger partial charge >= 0.3 is 0 Å². The maximum absolute atomic E-state index is 3.93. The second-order valence-corrected chi connectivity index (χ2v) is 13.7. The maximum Gasteiger partial charge on any atom is 0.0799 e. The van der Waals surface area contributed by atoms with Crippen LogP contribution >= 0.6 is 0 Å². The van der Waals surface area contributed by atoms with Crippen LogP contribution in [0.5, 0.6) is 0 Å². The van der Waals surface area contributed by atoms with Gasteiger partial charge in [-0.05, 0) is 84.7 Å². The van der Waals surface area contributed by atoms with Gasteiger partial charge in [0.05, 0.1) is 12.1 Å². The number of anilines is 2. The lowest BCUT2D eigenvalue weighted by atomic mass is 9.82. The molecule has 0 bridgehead atoms. The minimum atomic E-state index is 0.102. The van der Waals surface area contributed by atoms with Crippen LogP contribution in [0, 0.1) is 0 Å². The van der Waals surface area contributed by atoms with E-state index in [9.17, 15) is 0 Å². The van der Waals surface area contributed by atoms with E-state index < -0.39 is 0 Å². The lowest BCUT2D eigenvalue weighted by molar-refractivity contribution is 0.762. The first kappa shape index (κ1) is 29.5. The molecule has 10 rings (SSSR count). The van der Waals surface area contributed by atoms with Gasteiger partial charge in [0.15, 0.2) is 0 Å². The molecule has 0 radical (unpaired) electrons. The Bertz CT molecular complexity index is 2680. The van der Waals surface area contributed by atoms with Crippen molar-refractivity contribution in [1.29, 1.82) is 0 Å². The predicted octanol–water partition coefficient (Wildman–Crippen LogP) is 12.6. The van der Waals surface area contributed by atoms with E-state index >= 15 is 0 Å². The van der Waals surface area contributed by atoms with Gasteiger partial charge in [-0.1, -0.05) is 164 Å². The van der Waals surface area contributed by atoms with Crippen molar-refractivity contribution in [1.82, 2.24) is 0 Å². The first-order chi connectivity index (χ1) is 25.3. The molecule has 1 N–H and O–H groups in total. The second-order valence-electron chi connectivity index (χ2n) is 13.7. The monoisotopic (exact) mass is 652 g/mol. The Morgan fingerprint density at radius 3 is 1.98 bits per heavy atom. The molecular weight excluding hydrogens is 617 g/mol. The molecule has 0 spiro atoms. The Labute approximate surface area is 298 Å². The minimum absolute atomic E-state index is 0.102. The fraction of sp³-hybridized carbons (Fsp3) is 0.0612. The fourth-order valence-corrected chi connectivity index (χ4v) is 8.35. The third-order valence-corrected chi connectivity index (χ3v) is 10.8. The molecule has 0 fully saturated rings. The van der Waals surface area contributed by atoms with Gasteiger partial charge in [0, 0.05) is 28.4 Å². The molecule has 2 aliphatic rings. The number of nitrogens with zero attached hydrogens (tertiary/aromatic N) is 1. The summed E-state index contributed by atoms with van der Waals surface area (Å²) in [5.74, 6) is 0.164. The van der Waals surface area contributed by atoms with Crippen molar-refractivity contribution in [3.63, 3.8) is 0 Å². The molecule has 8 aromatic carbocycles. The van der Waals surface area contributed by atoms with Crippen LogP contribution in [0.15, 0.2) is 194 Å². The molecule has 0 saturated heterocycles. The van der Waals surface area contributed by atoms with Gasteiger partial charge in [-0.2, -0.15) is 0 Å². The van der Waals surface area contributed by atoms with E-state index in [1.54, 1.807) is 0 Å².